The summed E-state index contributed by atoms with van der Waals surface area (Å²) in [4.78, 5) is 0. The molecular formula is C15H15ClFNO. The van der Waals surface area contributed by atoms with Crippen LogP contribution in [0.5, 0.6) is 0 Å². The molecule has 0 atom stereocenters. The van der Waals surface area contributed by atoms with Gasteiger partial charge in [0.25, 0.3) is 0 Å². The van der Waals surface area contributed by atoms with E-state index in [0.29, 0.717) is 13.2 Å². The Morgan fingerprint density at radius 1 is 1.11 bits per heavy atom. The summed E-state index contributed by atoms with van der Waals surface area (Å²) in [7, 11) is 1.67. The van der Waals surface area contributed by atoms with E-state index in [1.165, 1.54) is 6.07 Å². The molecule has 2 nitrogen and oxygen atoms in total. The molecule has 0 aromatic heterocycles. The number of halogens is 2. The molecule has 19 heavy (non-hydrogen) atoms. The van der Waals surface area contributed by atoms with Gasteiger partial charge in [-0.05, 0) is 29.3 Å². The summed E-state index contributed by atoms with van der Waals surface area (Å²) in [5.41, 5.74) is 3.07. The lowest BCUT2D eigenvalue weighted by molar-refractivity contribution is 0.185. The number of hydrogen-bond acceptors (Lipinski definition) is 2. The largest absolute Gasteiger partial charge is 0.381 e. The number of ether oxygens (including phenoxy) is 1. The summed E-state index contributed by atoms with van der Waals surface area (Å²) < 4.78 is 18.1. The zero-order valence-corrected chi connectivity index (χ0v) is 11.4. The second-order valence-electron chi connectivity index (χ2n) is 4.23. The van der Waals surface area contributed by atoms with E-state index >= 15 is 0 Å². The maximum Gasteiger partial charge on any atom is 0.141 e. The minimum Gasteiger partial charge on any atom is -0.381 e. The van der Waals surface area contributed by atoms with E-state index in [1.54, 1.807) is 19.2 Å². The molecule has 2 aromatic rings. The van der Waals surface area contributed by atoms with Gasteiger partial charge in [0.05, 0.1) is 11.6 Å². The molecule has 4 heteroatoms. The van der Waals surface area contributed by atoms with Crippen LogP contribution in [0.3, 0.4) is 0 Å². The highest BCUT2D eigenvalue weighted by Crippen LogP contribution is 2.19. The van der Waals surface area contributed by atoms with Gasteiger partial charge < -0.3 is 10.1 Å². The highest BCUT2D eigenvalue weighted by atomic mass is 35.5. The van der Waals surface area contributed by atoms with Crippen LogP contribution in [0, 0.1) is 5.82 Å². The Morgan fingerprint density at radius 3 is 2.42 bits per heavy atom. The molecule has 1 N–H and O–H groups in total. The van der Waals surface area contributed by atoms with E-state index in [9.17, 15) is 4.39 Å². The van der Waals surface area contributed by atoms with Gasteiger partial charge in [0.1, 0.15) is 5.82 Å². The van der Waals surface area contributed by atoms with Gasteiger partial charge in [0.15, 0.2) is 0 Å². The van der Waals surface area contributed by atoms with Crippen LogP contribution in [0.15, 0.2) is 42.5 Å². The SMILES string of the molecule is COCc1ccc(CNc2ccc(F)c(Cl)c2)cc1. The first kappa shape index (κ1) is 13.8. The predicted octanol–water partition coefficient (Wildman–Crippen LogP) is 4.24. The lowest BCUT2D eigenvalue weighted by Crippen LogP contribution is -2.00. The van der Waals surface area contributed by atoms with Gasteiger partial charge in [-0.3, -0.25) is 0 Å². The van der Waals surface area contributed by atoms with Crippen molar-refractivity contribution in [2.45, 2.75) is 13.2 Å². The summed E-state index contributed by atoms with van der Waals surface area (Å²) >= 11 is 5.72. The Bertz CT molecular complexity index is 542. The quantitative estimate of drug-likeness (QED) is 0.884. The maximum atomic E-state index is 13.0. The fourth-order valence-electron chi connectivity index (χ4n) is 1.73. The van der Waals surface area contributed by atoms with E-state index in [2.05, 4.69) is 5.32 Å². The lowest BCUT2D eigenvalue weighted by Gasteiger charge is -2.08. The van der Waals surface area contributed by atoms with Crippen molar-refractivity contribution in [2.24, 2.45) is 0 Å². The van der Waals surface area contributed by atoms with Crippen LogP contribution in [0.1, 0.15) is 11.1 Å². The molecule has 0 radical (unpaired) electrons. The average molecular weight is 280 g/mol. The fourth-order valence-corrected chi connectivity index (χ4v) is 1.91. The zero-order valence-electron chi connectivity index (χ0n) is 10.6. The van der Waals surface area contributed by atoms with Crippen LogP contribution >= 0.6 is 11.6 Å². The second kappa shape index (κ2) is 6.55. The first-order valence-corrected chi connectivity index (χ1v) is 6.32. The molecule has 0 aliphatic heterocycles. The van der Waals surface area contributed by atoms with Gasteiger partial charge in [-0.15, -0.1) is 0 Å². The van der Waals surface area contributed by atoms with E-state index in [1.807, 2.05) is 24.3 Å². The monoisotopic (exact) mass is 279 g/mol. The maximum absolute atomic E-state index is 13.0. The fraction of sp³-hybridized carbons (Fsp3) is 0.200. The third kappa shape index (κ3) is 3.94. The van der Waals surface area contributed by atoms with Gasteiger partial charge in [0.2, 0.25) is 0 Å². The molecule has 2 aromatic carbocycles. The molecule has 2 rings (SSSR count). The molecule has 0 fully saturated rings. The molecule has 0 aliphatic carbocycles. The van der Waals surface area contributed by atoms with Crippen LogP contribution < -0.4 is 5.32 Å². The number of nitrogens with one attached hydrogen (secondary N) is 1. The Balaban J connectivity index is 1.96. The first-order valence-electron chi connectivity index (χ1n) is 5.94. The summed E-state index contributed by atoms with van der Waals surface area (Å²) in [6.07, 6.45) is 0. The molecule has 0 aliphatic rings. The van der Waals surface area contributed by atoms with Crippen molar-refractivity contribution in [3.63, 3.8) is 0 Å². The summed E-state index contributed by atoms with van der Waals surface area (Å²) in [6, 6.07) is 12.7. The summed E-state index contributed by atoms with van der Waals surface area (Å²) in [6.45, 7) is 1.27. The van der Waals surface area contributed by atoms with Crippen molar-refractivity contribution in [2.75, 3.05) is 12.4 Å². The van der Waals surface area contributed by atoms with Gasteiger partial charge in [-0.1, -0.05) is 35.9 Å². The van der Waals surface area contributed by atoms with Gasteiger partial charge >= 0.3 is 0 Å². The highest BCUT2D eigenvalue weighted by Gasteiger charge is 2.01. The van der Waals surface area contributed by atoms with Crippen molar-refractivity contribution >= 4 is 17.3 Å². The van der Waals surface area contributed by atoms with Crippen molar-refractivity contribution in [3.8, 4) is 0 Å². The molecule has 0 amide bonds. The average Bonchev–Trinajstić information content (AvgIpc) is 2.42. The van der Waals surface area contributed by atoms with Gasteiger partial charge in [0, 0.05) is 19.3 Å². The van der Waals surface area contributed by atoms with Crippen LogP contribution in [0.25, 0.3) is 0 Å². The topological polar surface area (TPSA) is 21.3 Å². The summed E-state index contributed by atoms with van der Waals surface area (Å²) in [5.74, 6) is -0.406. The second-order valence-corrected chi connectivity index (χ2v) is 4.64. The Kier molecular flexibility index (Phi) is 4.77. The number of rotatable bonds is 5. The Morgan fingerprint density at radius 2 is 1.79 bits per heavy atom. The molecule has 0 saturated carbocycles. The number of methoxy groups -OCH3 is 1. The normalized spacial score (nSPS) is 10.5. The molecule has 0 unspecified atom stereocenters. The highest BCUT2D eigenvalue weighted by molar-refractivity contribution is 6.31. The zero-order chi connectivity index (χ0) is 13.7. The van der Waals surface area contributed by atoms with Crippen LogP contribution in [-0.2, 0) is 17.9 Å². The molecule has 0 bridgehead atoms. The molecule has 100 valence electrons. The molecular weight excluding hydrogens is 265 g/mol. The molecule has 0 heterocycles. The Hall–Kier alpha value is -1.58. The molecule has 0 spiro atoms. The van der Waals surface area contributed by atoms with Gasteiger partial charge in [-0.25, -0.2) is 4.39 Å². The summed E-state index contributed by atoms with van der Waals surface area (Å²) in [5, 5.41) is 3.32. The van der Waals surface area contributed by atoms with E-state index in [-0.39, 0.29) is 5.02 Å². The van der Waals surface area contributed by atoms with Crippen LogP contribution in [0.2, 0.25) is 5.02 Å². The lowest BCUT2D eigenvalue weighted by atomic mass is 10.1. The predicted molar refractivity (Wildman–Crippen MR) is 75.9 cm³/mol. The molecule has 0 saturated heterocycles. The first-order chi connectivity index (χ1) is 9.19. The van der Waals surface area contributed by atoms with Crippen LogP contribution in [-0.4, -0.2) is 7.11 Å². The van der Waals surface area contributed by atoms with E-state index in [0.717, 1.165) is 16.8 Å². The van der Waals surface area contributed by atoms with Crippen molar-refractivity contribution in [3.05, 3.63) is 64.4 Å². The smallest absolute Gasteiger partial charge is 0.141 e. The van der Waals surface area contributed by atoms with Crippen molar-refractivity contribution < 1.29 is 9.13 Å². The van der Waals surface area contributed by atoms with E-state index < -0.39 is 5.82 Å². The van der Waals surface area contributed by atoms with Crippen molar-refractivity contribution in [1.82, 2.24) is 0 Å². The van der Waals surface area contributed by atoms with Crippen LogP contribution in [0.4, 0.5) is 10.1 Å². The number of benzene rings is 2. The van der Waals surface area contributed by atoms with Gasteiger partial charge in [-0.2, -0.15) is 0 Å². The third-order valence-electron chi connectivity index (χ3n) is 2.75. The minimum absolute atomic E-state index is 0.125. The third-order valence-corrected chi connectivity index (χ3v) is 3.04. The minimum atomic E-state index is -0.406. The Labute approximate surface area is 117 Å². The van der Waals surface area contributed by atoms with Crippen molar-refractivity contribution in [1.29, 1.82) is 0 Å². The van der Waals surface area contributed by atoms with E-state index in [4.69, 9.17) is 16.3 Å². The number of hydrogen-bond donors (Lipinski definition) is 1. The number of anilines is 1. The standard InChI is InChI=1S/C15H15ClFNO/c1-19-10-12-4-2-11(3-5-12)9-18-13-6-7-15(17)14(16)8-13/h2-8,18H,9-10H2,1H3.